The van der Waals surface area contributed by atoms with E-state index in [4.69, 9.17) is 14.6 Å². The third kappa shape index (κ3) is 1.78. The molecule has 7 nitrogen and oxygen atoms in total. The largest absolute Gasteiger partial charge is 0.444 e. The topological polar surface area (TPSA) is 97.2 Å². The summed E-state index contributed by atoms with van der Waals surface area (Å²) in [5, 5.41) is 25.2. The third-order valence-corrected chi connectivity index (χ3v) is 1.56. The Hall–Kier alpha value is -1.73. The van der Waals surface area contributed by atoms with Gasteiger partial charge in [-0.05, 0) is 0 Å². The third-order valence-electron chi connectivity index (χ3n) is 1.56. The van der Waals surface area contributed by atoms with Crippen LogP contribution in [0.25, 0.3) is 0 Å². The predicted octanol–water partition coefficient (Wildman–Crippen LogP) is -0.702. The van der Waals surface area contributed by atoms with Gasteiger partial charge in [0.25, 0.3) is 5.89 Å². The number of aliphatic hydroxyl groups excluding tert-OH is 1. The Balaban J connectivity index is 2.11. The molecule has 14 heavy (non-hydrogen) atoms. The summed E-state index contributed by atoms with van der Waals surface area (Å²) in [6.45, 7) is 0.337. The van der Waals surface area contributed by atoms with Gasteiger partial charge in [-0.1, -0.05) is 0 Å². The number of hydrogen-bond acceptors (Lipinski definition) is 6. The lowest BCUT2D eigenvalue weighted by molar-refractivity contribution is -0.0620. The van der Waals surface area contributed by atoms with Crippen LogP contribution in [-0.4, -0.2) is 30.2 Å². The second kappa shape index (κ2) is 3.56. The summed E-state index contributed by atoms with van der Waals surface area (Å²) in [6.07, 6.45) is 2.73. The molecule has 2 rings (SSSR count). The van der Waals surface area contributed by atoms with Crippen LogP contribution in [-0.2, 0) is 6.54 Å². The summed E-state index contributed by atoms with van der Waals surface area (Å²) < 4.78 is 4.79. The quantitative estimate of drug-likeness (QED) is 0.630. The molecular formula is C7H8N4O3. The first-order chi connectivity index (χ1) is 6.75. The van der Waals surface area contributed by atoms with E-state index in [0.717, 1.165) is 0 Å². The summed E-state index contributed by atoms with van der Waals surface area (Å²) in [5.41, 5.74) is 0.532. The van der Waals surface area contributed by atoms with E-state index >= 15 is 0 Å². The van der Waals surface area contributed by atoms with Crippen molar-refractivity contribution >= 4 is 0 Å². The van der Waals surface area contributed by atoms with E-state index < -0.39 is 6.29 Å². The van der Waals surface area contributed by atoms with Crippen molar-refractivity contribution in [2.75, 3.05) is 0 Å². The second-order valence-corrected chi connectivity index (χ2v) is 2.61. The second-order valence-electron chi connectivity index (χ2n) is 2.61. The Labute approximate surface area is 78.6 Å². The first kappa shape index (κ1) is 8.85. The lowest BCUT2D eigenvalue weighted by atomic mass is 10.5. The molecule has 0 aliphatic heterocycles. The Morgan fingerprint density at radius 3 is 2.64 bits per heavy atom. The van der Waals surface area contributed by atoms with Crippen LogP contribution in [0.2, 0.25) is 0 Å². The highest BCUT2D eigenvalue weighted by Gasteiger charge is 2.10. The zero-order chi connectivity index (χ0) is 9.97. The fourth-order valence-corrected chi connectivity index (χ4v) is 0.984. The average Bonchev–Trinajstić information content (AvgIpc) is 2.75. The molecule has 2 N–H and O–H groups in total. The lowest BCUT2D eigenvalue weighted by Gasteiger charge is -1.94. The fourth-order valence-electron chi connectivity index (χ4n) is 0.984. The van der Waals surface area contributed by atoms with Gasteiger partial charge >= 0.3 is 0 Å². The minimum absolute atomic E-state index is 0.132. The summed E-state index contributed by atoms with van der Waals surface area (Å²) in [7, 11) is 0. The van der Waals surface area contributed by atoms with Gasteiger partial charge in [0.15, 0.2) is 0 Å². The molecule has 0 saturated heterocycles. The van der Waals surface area contributed by atoms with Gasteiger partial charge in [-0.25, -0.2) is 4.98 Å². The van der Waals surface area contributed by atoms with Crippen LogP contribution in [0.1, 0.15) is 17.9 Å². The first-order valence-electron chi connectivity index (χ1n) is 3.90. The molecule has 2 aromatic heterocycles. The Morgan fingerprint density at radius 2 is 2.07 bits per heavy atom. The van der Waals surface area contributed by atoms with Gasteiger partial charge in [-0.15, -0.1) is 0 Å². The van der Waals surface area contributed by atoms with Crippen molar-refractivity contribution in [3.8, 4) is 0 Å². The van der Waals surface area contributed by atoms with Gasteiger partial charge in [0.1, 0.15) is 18.5 Å². The number of nitrogens with zero attached hydrogens (tertiary/aromatic N) is 4. The monoisotopic (exact) mass is 196 g/mol. The van der Waals surface area contributed by atoms with Crippen molar-refractivity contribution in [2.45, 2.75) is 12.8 Å². The lowest BCUT2D eigenvalue weighted by Crippen LogP contribution is -2.04. The van der Waals surface area contributed by atoms with E-state index in [9.17, 15) is 0 Å². The maximum atomic E-state index is 8.72. The number of oxazole rings is 1. The molecule has 0 saturated carbocycles. The van der Waals surface area contributed by atoms with Crippen LogP contribution in [0.15, 0.2) is 23.1 Å². The summed E-state index contributed by atoms with van der Waals surface area (Å²) >= 11 is 0. The van der Waals surface area contributed by atoms with Crippen LogP contribution >= 0.6 is 0 Å². The number of hydrogen-bond donors (Lipinski definition) is 2. The molecule has 7 heteroatoms. The van der Waals surface area contributed by atoms with E-state index in [-0.39, 0.29) is 5.89 Å². The van der Waals surface area contributed by atoms with Crippen LogP contribution < -0.4 is 0 Å². The van der Waals surface area contributed by atoms with Crippen LogP contribution in [0.4, 0.5) is 0 Å². The van der Waals surface area contributed by atoms with Crippen molar-refractivity contribution in [1.29, 1.82) is 0 Å². The van der Waals surface area contributed by atoms with Gasteiger partial charge in [0.05, 0.1) is 12.4 Å². The Kier molecular flexibility index (Phi) is 2.25. The first-order valence-corrected chi connectivity index (χ1v) is 3.90. The van der Waals surface area contributed by atoms with Gasteiger partial charge in [-0.2, -0.15) is 15.0 Å². The maximum Gasteiger partial charge on any atom is 0.251 e. The number of aliphatic hydroxyl groups is 2. The maximum absolute atomic E-state index is 8.72. The minimum atomic E-state index is -1.69. The highest BCUT2D eigenvalue weighted by atomic mass is 16.5. The molecule has 0 aromatic carbocycles. The molecule has 0 bridgehead atoms. The van der Waals surface area contributed by atoms with Crippen molar-refractivity contribution < 1.29 is 14.6 Å². The fraction of sp³-hybridized carbons (Fsp3) is 0.286. The van der Waals surface area contributed by atoms with E-state index in [1.54, 1.807) is 12.4 Å². The summed E-state index contributed by atoms with van der Waals surface area (Å²) in [4.78, 5) is 5.23. The molecular weight excluding hydrogens is 188 g/mol. The van der Waals surface area contributed by atoms with Crippen molar-refractivity contribution in [3.05, 3.63) is 30.2 Å². The zero-order valence-electron chi connectivity index (χ0n) is 7.11. The van der Waals surface area contributed by atoms with Crippen LogP contribution in [0, 0.1) is 0 Å². The SMILES string of the molecule is OC(O)c1nc(Cn2nccn2)co1. The van der Waals surface area contributed by atoms with E-state index in [1.807, 2.05) is 0 Å². The van der Waals surface area contributed by atoms with Gasteiger partial charge in [0.2, 0.25) is 6.29 Å². The molecule has 0 aliphatic carbocycles. The molecule has 0 atom stereocenters. The summed E-state index contributed by atoms with van der Waals surface area (Å²) in [6, 6.07) is 0. The molecule has 2 heterocycles. The molecule has 0 amide bonds. The van der Waals surface area contributed by atoms with E-state index in [0.29, 0.717) is 12.2 Å². The molecule has 2 aromatic rings. The predicted molar refractivity (Wildman–Crippen MR) is 42.8 cm³/mol. The smallest absolute Gasteiger partial charge is 0.251 e. The number of aromatic nitrogens is 4. The molecule has 0 unspecified atom stereocenters. The highest BCUT2D eigenvalue weighted by Crippen LogP contribution is 2.09. The molecule has 0 radical (unpaired) electrons. The average molecular weight is 196 g/mol. The minimum Gasteiger partial charge on any atom is -0.444 e. The van der Waals surface area contributed by atoms with Gasteiger partial charge < -0.3 is 14.6 Å². The van der Waals surface area contributed by atoms with Gasteiger partial charge in [-0.3, -0.25) is 0 Å². The zero-order valence-corrected chi connectivity index (χ0v) is 7.11. The Morgan fingerprint density at radius 1 is 1.36 bits per heavy atom. The van der Waals surface area contributed by atoms with Crippen LogP contribution in [0.5, 0.6) is 0 Å². The Bertz CT molecular complexity index is 395. The molecule has 0 aliphatic rings. The van der Waals surface area contributed by atoms with Crippen molar-refractivity contribution in [1.82, 2.24) is 20.0 Å². The molecule has 0 fully saturated rings. The van der Waals surface area contributed by atoms with E-state index in [2.05, 4.69) is 15.2 Å². The van der Waals surface area contributed by atoms with Crippen LogP contribution in [0.3, 0.4) is 0 Å². The van der Waals surface area contributed by atoms with Crippen molar-refractivity contribution in [3.63, 3.8) is 0 Å². The standard InChI is InChI=1S/C7H8N4O3/c12-7(13)6-10-5(4-14-6)3-11-8-1-2-9-11/h1-2,4,7,12-13H,3H2. The number of rotatable bonds is 3. The van der Waals surface area contributed by atoms with E-state index in [1.165, 1.54) is 11.1 Å². The normalized spacial score (nSPS) is 11.1. The summed E-state index contributed by atoms with van der Waals surface area (Å²) in [5.74, 6) is -0.132. The van der Waals surface area contributed by atoms with Crippen molar-refractivity contribution in [2.24, 2.45) is 0 Å². The van der Waals surface area contributed by atoms with Gasteiger partial charge in [0, 0.05) is 0 Å². The molecule has 74 valence electrons. The molecule has 0 spiro atoms. The highest BCUT2D eigenvalue weighted by molar-refractivity contribution is 4.96.